The maximum atomic E-state index is 6.34. The second-order valence-corrected chi connectivity index (χ2v) is 6.30. The van der Waals surface area contributed by atoms with Crippen LogP contribution >= 0.6 is 15.9 Å². The van der Waals surface area contributed by atoms with E-state index in [1.54, 1.807) is 0 Å². The van der Waals surface area contributed by atoms with Gasteiger partial charge in [0.1, 0.15) is 0 Å². The average Bonchev–Trinajstić information content (AvgIpc) is 2.89. The van der Waals surface area contributed by atoms with Crippen LogP contribution in [0.1, 0.15) is 24.8 Å². The summed E-state index contributed by atoms with van der Waals surface area (Å²) in [6, 6.07) is 8.79. The van der Waals surface area contributed by atoms with Crippen LogP contribution in [0.15, 0.2) is 28.7 Å². The van der Waals surface area contributed by atoms with Crippen LogP contribution < -0.4 is 5.73 Å². The van der Waals surface area contributed by atoms with Crippen molar-refractivity contribution >= 4 is 15.9 Å². The van der Waals surface area contributed by atoms with E-state index in [4.69, 9.17) is 5.73 Å². The minimum Gasteiger partial charge on any atom is -0.327 e. The zero-order valence-electron chi connectivity index (χ0n) is 9.40. The van der Waals surface area contributed by atoms with Gasteiger partial charge in [-0.3, -0.25) is 0 Å². The number of nitrogens with two attached hydrogens (primary N) is 1. The van der Waals surface area contributed by atoms with Crippen LogP contribution in [-0.4, -0.2) is 6.04 Å². The first kappa shape index (κ1) is 10.8. The third kappa shape index (κ3) is 2.05. The predicted octanol–water partition coefficient (Wildman–Crippen LogP) is 3.37. The summed E-state index contributed by atoms with van der Waals surface area (Å²) in [5, 5.41) is 0. The number of fused-ring (bicyclic) bond motifs is 1. The van der Waals surface area contributed by atoms with Crippen molar-refractivity contribution in [2.45, 2.75) is 31.7 Å². The highest BCUT2D eigenvalue weighted by Crippen LogP contribution is 2.55. The Morgan fingerprint density at radius 3 is 2.56 bits per heavy atom. The van der Waals surface area contributed by atoms with Gasteiger partial charge in [0.05, 0.1) is 0 Å². The van der Waals surface area contributed by atoms with Crippen molar-refractivity contribution in [2.75, 3.05) is 0 Å². The van der Waals surface area contributed by atoms with Crippen LogP contribution in [-0.2, 0) is 6.42 Å². The van der Waals surface area contributed by atoms with E-state index in [0.717, 1.165) is 24.2 Å². The van der Waals surface area contributed by atoms with E-state index < -0.39 is 0 Å². The summed E-state index contributed by atoms with van der Waals surface area (Å²) in [6.07, 6.45) is 5.27. The molecule has 0 spiro atoms. The van der Waals surface area contributed by atoms with Gasteiger partial charge in [-0.25, -0.2) is 0 Å². The fraction of sp³-hybridized carbons (Fsp3) is 0.571. The van der Waals surface area contributed by atoms with Crippen molar-refractivity contribution in [1.82, 2.24) is 0 Å². The fourth-order valence-electron chi connectivity index (χ4n) is 3.20. The Morgan fingerprint density at radius 2 is 1.88 bits per heavy atom. The van der Waals surface area contributed by atoms with Gasteiger partial charge in [-0.15, -0.1) is 0 Å². The van der Waals surface area contributed by atoms with E-state index in [2.05, 4.69) is 40.2 Å². The Morgan fingerprint density at radius 1 is 1.19 bits per heavy atom. The van der Waals surface area contributed by atoms with Gasteiger partial charge in [-0.05, 0) is 55.1 Å². The summed E-state index contributed by atoms with van der Waals surface area (Å²) in [5.74, 6) is 2.85. The van der Waals surface area contributed by atoms with Gasteiger partial charge < -0.3 is 5.73 Å². The summed E-state index contributed by atoms with van der Waals surface area (Å²) >= 11 is 3.60. The molecule has 1 aromatic rings. The van der Waals surface area contributed by atoms with Crippen LogP contribution in [0, 0.1) is 17.8 Å². The molecule has 3 unspecified atom stereocenters. The minimum atomic E-state index is 0.353. The van der Waals surface area contributed by atoms with E-state index in [9.17, 15) is 0 Å². The fourth-order valence-corrected chi connectivity index (χ4v) is 3.64. The molecule has 2 heteroatoms. The molecule has 3 rings (SSSR count). The number of halogens is 1. The van der Waals surface area contributed by atoms with Gasteiger partial charge in [0, 0.05) is 10.5 Å². The van der Waals surface area contributed by atoms with Crippen molar-refractivity contribution < 1.29 is 0 Å². The molecule has 2 saturated carbocycles. The average molecular weight is 280 g/mol. The molecule has 1 aromatic carbocycles. The summed E-state index contributed by atoms with van der Waals surface area (Å²) in [5.41, 5.74) is 7.70. The molecule has 0 amide bonds. The lowest BCUT2D eigenvalue weighted by molar-refractivity contribution is 0.392. The third-order valence-electron chi connectivity index (χ3n) is 4.30. The second kappa shape index (κ2) is 4.15. The molecular formula is C14H18BrN. The number of hydrogen-bond acceptors (Lipinski definition) is 1. The van der Waals surface area contributed by atoms with E-state index in [1.165, 1.54) is 29.3 Å². The van der Waals surface area contributed by atoms with Gasteiger partial charge in [-0.1, -0.05) is 34.1 Å². The zero-order valence-corrected chi connectivity index (χ0v) is 11.0. The van der Waals surface area contributed by atoms with Crippen molar-refractivity contribution in [2.24, 2.45) is 23.5 Å². The van der Waals surface area contributed by atoms with E-state index >= 15 is 0 Å². The predicted molar refractivity (Wildman–Crippen MR) is 70.1 cm³/mol. The smallest absolute Gasteiger partial charge is 0.0207 e. The SMILES string of the molecule is NC(Cc1ccccc1Br)C1CC2CC2C1. The quantitative estimate of drug-likeness (QED) is 0.902. The molecule has 2 aliphatic carbocycles. The molecule has 0 saturated heterocycles. The van der Waals surface area contributed by atoms with Crippen molar-refractivity contribution in [3.63, 3.8) is 0 Å². The zero-order chi connectivity index (χ0) is 11.1. The highest BCUT2D eigenvalue weighted by Gasteiger charge is 2.47. The maximum absolute atomic E-state index is 6.34. The molecule has 3 atom stereocenters. The summed E-state index contributed by atoms with van der Waals surface area (Å²) in [4.78, 5) is 0. The molecule has 0 bridgehead atoms. The molecule has 1 nitrogen and oxygen atoms in total. The Bertz CT molecular complexity index is 380. The Kier molecular flexibility index (Phi) is 2.80. The highest BCUT2D eigenvalue weighted by molar-refractivity contribution is 9.10. The molecule has 2 N–H and O–H groups in total. The monoisotopic (exact) mass is 279 g/mol. The van der Waals surface area contributed by atoms with Gasteiger partial charge in [-0.2, -0.15) is 0 Å². The Balaban J connectivity index is 1.64. The van der Waals surface area contributed by atoms with Crippen LogP contribution in [0.3, 0.4) is 0 Å². The largest absolute Gasteiger partial charge is 0.327 e. The molecule has 2 aliphatic rings. The second-order valence-electron chi connectivity index (χ2n) is 5.45. The molecule has 0 radical (unpaired) electrons. The summed E-state index contributed by atoms with van der Waals surface area (Å²) in [7, 11) is 0. The number of rotatable bonds is 3. The van der Waals surface area contributed by atoms with Gasteiger partial charge >= 0.3 is 0 Å². The van der Waals surface area contributed by atoms with Crippen molar-refractivity contribution in [3.05, 3.63) is 34.3 Å². The van der Waals surface area contributed by atoms with Crippen LogP contribution in [0.25, 0.3) is 0 Å². The Labute approximate surface area is 106 Å². The molecule has 16 heavy (non-hydrogen) atoms. The first-order valence-electron chi connectivity index (χ1n) is 6.23. The first-order chi connectivity index (χ1) is 7.74. The lowest BCUT2D eigenvalue weighted by Crippen LogP contribution is -2.31. The molecule has 0 aliphatic heterocycles. The number of hydrogen-bond donors (Lipinski definition) is 1. The van der Waals surface area contributed by atoms with E-state index in [1.807, 2.05) is 0 Å². The lowest BCUT2D eigenvalue weighted by Gasteiger charge is -2.21. The summed E-state index contributed by atoms with van der Waals surface area (Å²) < 4.78 is 1.20. The highest BCUT2D eigenvalue weighted by atomic mass is 79.9. The van der Waals surface area contributed by atoms with Gasteiger partial charge in [0.25, 0.3) is 0 Å². The molecule has 0 heterocycles. The van der Waals surface area contributed by atoms with E-state index in [-0.39, 0.29) is 0 Å². The lowest BCUT2D eigenvalue weighted by atomic mass is 9.90. The summed E-state index contributed by atoms with van der Waals surface area (Å²) in [6.45, 7) is 0. The minimum absolute atomic E-state index is 0.353. The topological polar surface area (TPSA) is 26.0 Å². The van der Waals surface area contributed by atoms with Crippen LogP contribution in [0.5, 0.6) is 0 Å². The van der Waals surface area contributed by atoms with Gasteiger partial charge in [0.15, 0.2) is 0 Å². The van der Waals surface area contributed by atoms with Crippen molar-refractivity contribution in [1.29, 1.82) is 0 Å². The molecule has 86 valence electrons. The number of benzene rings is 1. The van der Waals surface area contributed by atoms with Crippen molar-refractivity contribution in [3.8, 4) is 0 Å². The molecule has 2 fully saturated rings. The maximum Gasteiger partial charge on any atom is 0.0207 e. The van der Waals surface area contributed by atoms with Crippen LogP contribution in [0.4, 0.5) is 0 Å². The van der Waals surface area contributed by atoms with E-state index in [0.29, 0.717) is 6.04 Å². The molecule has 0 aromatic heterocycles. The standard InChI is InChI=1S/C14H18BrN/c15-13-4-2-1-3-9(13)8-14(16)12-6-10-5-11(10)7-12/h1-4,10-12,14H,5-8,16H2. The van der Waals surface area contributed by atoms with Gasteiger partial charge in [0.2, 0.25) is 0 Å². The molecular weight excluding hydrogens is 262 g/mol. The third-order valence-corrected chi connectivity index (χ3v) is 5.07. The van der Waals surface area contributed by atoms with Crippen LogP contribution in [0.2, 0.25) is 0 Å². The first-order valence-corrected chi connectivity index (χ1v) is 7.02. The normalized spacial score (nSPS) is 33.5. The Hall–Kier alpha value is -0.340.